The van der Waals surface area contributed by atoms with E-state index in [1.54, 1.807) is 12.4 Å². The van der Waals surface area contributed by atoms with E-state index in [4.69, 9.17) is 0 Å². The van der Waals surface area contributed by atoms with Crippen LogP contribution in [0.3, 0.4) is 0 Å². The van der Waals surface area contributed by atoms with Crippen LogP contribution in [0.15, 0.2) is 30.7 Å². The van der Waals surface area contributed by atoms with Crippen LogP contribution in [0, 0.1) is 6.33 Å². The van der Waals surface area contributed by atoms with Crippen LogP contribution < -0.4 is 0 Å². The molecule has 0 spiro atoms. The average Bonchev–Trinajstić information content (AvgIpc) is 2.68. The summed E-state index contributed by atoms with van der Waals surface area (Å²) in [6.45, 7) is 5.07. The molecule has 0 aliphatic carbocycles. The first-order chi connectivity index (χ1) is 7.25. The molecule has 0 saturated heterocycles. The number of hydrogen-bond donors (Lipinski definition) is 0. The van der Waals surface area contributed by atoms with Gasteiger partial charge in [-0.2, -0.15) is 0 Å². The lowest BCUT2D eigenvalue weighted by Gasteiger charge is -2.01. The van der Waals surface area contributed by atoms with Gasteiger partial charge in [0.25, 0.3) is 0 Å². The molecule has 0 aliphatic heterocycles. The normalized spacial score (nSPS) is 10.9. The van der Waals surface area contributed by atoms with Crippen LogP contribution in [0.25, 0.3) is 0 Å². The summed E-state index contributed by atoms with van der Waals surface area (Å²) in [5.74, 6) is 0.458. The van der Waals surface area contributed by atoms with Crippen LogP contribution in [0.5, 0.6) is 0 Å². The van der Waals surface area contributed by atoms with E-state index in [-0.39, 0.29) is 0 Å². The van der Waals surface area contributed by atoms with Gasteiger partial charge in [0.15, 0.2) is 6.33 Å². The monoisotopic (exact) mass is 200 g/mol. The predicted octanol–water partition coefficient (Wildman–Crippen LogP) is 2.25. The molecule has 0 N–H and O–H groups in total. The molecular weight excluding hydrogens is 186 g/mol. The van der Waals surface area contributed by atoms with Gasteiger partial charge in [-0.3, -0.25) is 4.98 Å². The van der Waals surface area contributed by atoms with Crippen LogP contribution in [0.4, 0.5) is 0 Å². The van der Waals surface area contributed by atoms with E-state index in [0.29, 0.717) is 5.92 Å². The number of rotatable bonds is 3. The molecule has 0 atom stereocenters. The van der Waals surface area contributed by atoms with Crippen LogP contribution in [-0.2, 0) is 6.54 Å². The van der Waals surface area contributed by atoms with E-state index in [0.717, 1.165) is 12.2 Å². The topological polar surface area (TPSA) is 30.7 Å². The Labute approximate surface area is 89.8 Å². The number of nitrogens with zero attached hydrogens (tertiary/aromatic N) is 3. The highest BCUT2D eigenvalue weighted by Crippen LogP contribution is 2.11. The molecule has 3 heteroatoms. The number of hydrogen-bond acceptors (Lipinski definition) is 2. The van der Waals surface area contributed by atoms with Crippen molar-refractivity contribution in [3.63, 3.8) is 0 Å². The fourth-order valence-corrected chi connectivity index (χ4v) is 1.38. The lowest BCUT2D eigenvalue weighted by molar-refractivity contribution is 0.783. The van der Waals surface area contributed by atoms with Crippen molar-refractivity contribution in [3.8, 4) is 0 Å². The standard InChI is InChI=1S/C12H14N3/c1-10(2)12-8-15(9-14-12)7-11-3-5-13-6-4-11/h3-6,8,10H,7H2,1-2H3. The second kappa shape index (κ2) is 4.26. The molecular formula is C12H14N3. The molecule has 0 saturated carbocycles. The van der Waals surface area contributed by atoms with Gasteiger partial charge in [-0.1, -0.05) is 13.8 Å². The third-order valence-electron chi connectivity index (χ3n) is 2.29. The number of aromatic nitrogens is 3. The van der Waals surface area contributed by atoms with E-state index in [1.165, 1.54) is 5.56 Å². The highest BCUT2D eigenvalue weighted by molar-refractivity contribution is 5.11. The molecule has 0 amide bonds. The molecule has 2 heterocycles. The van der Waals surface area contributed by atoms with E-state index in [2.05, 4.69) is 30.1 Å². The molecule has 2 rings (SSSR count). The molecule has 3 nitrogen and oxygen atoms in total. The highest BCUT2D eigenvalue weighted by Gasteiger charge is 2.03. The molecule has 15 heavy (non-hydrogen) atoms. The van der Waals surface area contributed by atoms with E-state index in [9.17, 15) is 0 Å². The maximum Gasteiger partial charge on any atom is 0.177 e. The quantitative estimate of drug-likeness (QED) is 0.760. The minimum absolute atomic E-state index is 0.458. The van der Waals surface area contributed by atoms with Crippen molar-refractivity contribution in [2.45, 2.75) is 26.3 Å². The van der Waals surface area contributed by atoms with Crippen molar-refractivity contribution in [1.29, 1.82) is 0 Å². The molecule has 2 aromatic rings. The zero-order chi connectivity index (χ0) is 10.7. The molecule has 0 bridgehead atoms. The maximum atomic E-state index is 4.23. The van der Waals surface area contributed by atoms with Gasteiger partial charge < -0.3 is 4.57 Å². The van der Waals surface area contributed by atoms with Crippen molar-refractivity contribution in [3.05, 3.63) is 48.3 Å². The average molecular weight is 200 g/mol. The summed E-state index contributed by atoms with van der Waals surface area (Å²) < 4.78 is 1.98. The Kier molecular flexibility index (Phi) is 2.81. The minimum atomic E-state index is 0.458. The molecule has 1 radical (unpaired) electrons. The van der Waals surface area contributed by atoms with Crippen LogP contribution in [0.1, 0.15) is 31.0 Å². The van der Waals surface area contributed by atoms with Crippen LogP contribution >= 0.6 is 0 Å². The number of imidazole rings is 1. The summed E-state index contributed by atoms with van der Waals surface area (Å²) in [6, 6.07) is 4.01. The smallest absolute Gasteiger partial charge is 0.177 e. The van der Waals surface area contributed by atoms with E-state index < -0.39 is 0 Å². The molecule has 0 aromatic carbocycles. The summed E-state index contributed by atoms with van der Waals surface area (Å²) in [5.41, 5.74) is 2.30. The fraction of sp³-hybridized carbons (Fsp3) is 0.333. The van der Waals surface area contributed by atoms with Crippen LogP contribution in [0.2, 0.25) is 0 Å². The third kappa shape index (κ3) is 2.43. The lowest BCUT2D eigenvalue weighted by Crippen LogP contribution is -1.96. The second-order valence-corrected chi connectivity index (χ2v) is 3.90. The van der Waals surface area contributed by atoms with Gasteiger partial charge in [0.1, 0.15) is 0 Å². The van der Waals surface area contributed by atoms with Crippen molar-refractivity contribution < 1.29 is 0 Å². The minimum Gasteiger partial charge on any atom is -0.324 e. The van der Waals surface area contributed by atoms with Gasteiger partial charge in [0, 0.05) is 25.1 Å². The first kappa shape index (κ1) is 9.90. The van der Waals surface area contributed by atoms with Gasteiger partial charge in [-0.05, 0) is 23.6 Å². The Balaban J connectivity index is 2.12. The summed E-state index contributed by atoms with van der Waals surface area (Å²) in [4.78, 5) is 8.22. The SMILES string of the molecule is CC(C)c1cn(Cc2ccncc2)[c]n1. The molecule has 0 aliphatic rings. The third-order valence-corrected chi connectivity index (χ3v) is 2.29. The van der Waals surface area contributed by atoms with E-state index in [1.807, 2.05) is 22.9 Å². The number of pyridine rings is 1. The summed E-state index contributed by atoms with van der Waals surface area (Å²) in [5, 5.41) is 0. The van der Waals surface area contributed by atoms with E-state index >= 15 is 0 Å². The van der Waals surface area contributed by atoms with Crippen LogP contribution in [-0.4, -0.2) is 14.5 Å². The van der Waals surface area contributed by atoms with Gasteiger partial charge in [0.2, 0.25) is 0 Å². The zero-order valence-corrected chi connectivity index (χ0v) is 9.01. The molecule has 0 fully saturated rings. The Morgan fingerprint density at radius 3 is 2.67 bits per heavy atom. The maximum absolute atomic E-state index is 4.23. The second-order valence-electron chi connectivity index (χ2n) is 3.90. The predicted molar refractivity (Wildman–Crippen MR) is 58.5 cm³/mol. The van der Waals surface area contributed by atoms with Crippen molar-refractivity contribution in [1.82, 2.24) is 14.5 Å². The Bertz CT molecular complexity index is 417. The Morgan fingerprint density at radius 1 is 1.33 bits per heavy atom. The Hall–Kier alpha value is -1.64. The summed E-state index contributed by atoms with van der Waals surface area (Å²) >= 11 is 0. The molecule has 2 aromatic heterocycles. The first-order valence-electron chi connectivity index (χ1n) is 5.09. The highest BCUT2D eigenvalue weighted by atomic mass is 15.0. The van der Waals surface area contributed by atoms with Gasteiger partial charge in [0.05, 0.1) is 5.69 Å². The zero-order valence-electron chi connectivity index (χ0n) is 9.01. The van der Waals surface area contributed by atoms with Gasteiger partial charge in [-0.15, -0.1) is 0 Å². The first-order valence-corrected chi connectivity index (χ1v) is 5.09. The van der Waals surface area contributed by atoms with Gasteiger partial charge in [-0.25, -0.2) is 4.98 Å². The van der Waals surface area contributed by atoms with Gasteiger partial charge >= 0.3 is 0 Å². The lowest BCUT2D eigenvalue weighted by atomic mass is 10.2. The van der Waals surface area contributed by atoms with Crippen molar-refractivity contribution in [2.24, 2.45) is 0 Å². The Morgan fingerprint density at radius 2 is 2.07 bits per heavy atom. The van der Waals surface area contributed by atoms with Crippen molar-refractivity contribution in [2.75, 3.05) is 0 Å². The molecule has 77 valence electrons. The fourth-order valence-electron chi connectivity index (χ4n) is 1.38. The largest absolute Gasteiger partial charge is 0.324 e. The van der Waals surface area contributed by atoms with Crippen molar-refractivity contribution >= 4 is 0 Å². The molecule has 0 unspecified atom stereocenters. The summed E-state index contributed by atoms with van der Waals surface area (Å²) in [7, 11) is 0. The summed E-state index contributed by atoms with van der Waals surface area (Å²) in [6.07, 6.45) is 8.63.